The molecule has 0 radical (unpaired) electrons. The molecule has 1 aliphatic heterocycles. The normalized spacial score (nSPS) is 24.8. The fourth-order valence-electron chi connectivity index (χ4n) is 1.70. The number of carbonyl (C=O) groups excluding carboxylic acids is 1. The third kappa shape index (κ3) is 1.64. The number of nitrogens with zero attached hydrogens (tertiary/aromatic N) is 3. The van der Waals surface area contributed by atoms with Crippen molar-refractivity contribution in [3.8, 4) is 0 Å². The fraction of sp³-hybridized carbons (Fsp3) is 0.667. The molecular weight excluding hydrogens is 228 g/mol. The molecule has 0 bridgehead atoms. The molecule has 1 saturated carbocycles. The van der Waals surface area contributed by atoms with Crippen molar-refractivity contribution in [2.75, 3.05) is 12.4 Å². The number of cyclic esters (lactones) is 1. The Bertz CT molecular complexity index is 429. The smallest absolute Gasteiger partial charge is 0.319 e. The van der Waals surface area contributed by atoms with Crippen LogP contribution in [0.1, 0.15) is 31.0 Å². The fourth-order valence-corrected chi connectivity index (χ4v) is 2.63. The number of rotatable bonds is 3. The van der Waals surface area contributed by atoms with Gasteiger partial charge in [0, 0.05) is 12.3 Å². The molecule has 86 valence electrons. The number of nitrogen functional groups attached to an aromatic ring is 1. The first-order valence-electron chi connectivity index (χ1n) is 5.29. The van der Waals surface area contributed by atoms with E-state index in [4.69, 9.17) is 10.6 Å². The molecule has 2 N–H and O–H groups in total. The maximum Gasteiger partial charge on any atom is 0.319 e. The molecule has 2 aliphatic rings. The van der Waals surface area contributed by atoms with Crippen LogP contribution in [0.5, 0.6) is 0 Å². The second-order valence-electron chi connectivity index (χ2n) is 4.05. The van der Waals surface area contributed by atoms with E-state index in [2.05, 4.69) is 10.2 Å². The van der Waals surface area contributed by atoms with Crippen molar-refractivity contribution in [2.24, 2.45) is 0 Å². The lowest BCUT2D eigenvalue weighted by Gasteiger charge is -2.04. The van der Waals surface area contributed by atoms with E-state index >= 15 is 0 Å². The number of ether oxygens (including phenoxy) is 1. The summed E-state index contributed by atoms with van der Waals surface area (Å²) in [5, 5.41) is 8.50. The molecule has 0 unspecified atom stereocenters. The highest BCUT2D eigenvalue weighted by Gasteiger charge is 2.33. The molecule has 1 aromatic rings. The van der Waals surface area contributed by atoms with Crippen molar-refractivity contribution in [2.45, 2.75) is 35.6 Å². The lowest BCUT2D eigenvalue weighted by atomic mass is 10.4. The largest absolute Gasteiger partial charge is 0.465 e. The topological polar surface area (TPSA) is 83.0 Å². The van der Waals surface area contributed by atoms with Crippen LogP contribution in [0.2, 0.25) is 0 Å². The Morgan fingerprint density at radius 2 is 2.19 bits per heavy atom. The number of esters is 1. The summed E-state index contributed by atoms with van der Waals surface area (Å²) in [4.78, 5) is 11.3. The minimum Gasteiger partial charge on any atom is -0.465 e. The number of thioether (sulfide) groups is 1. The molecule has 6 nitrogen and oxygen atoms in total. The predicted molar refractivity (Wildman–Crippen MR) is 57.4 cm³/mol. The van der Waals surface area contributed by atoms with Crippen LogP contribution >= 0.6 is 11.8 Å². The number of hydrogen-bond donors (Lipinski definition) is 1. The van der Waals surface area contributed by atoms with Gasteiger partial charge in [-0.05, 0) is 12.8 Å². The summed E-state index contributed by atoms with van der Waals surface area (Å²) in [6.07, 6.45) is 2.98. The Kier molecular flexibility index (Phi) is 2.27. The van der Waals surface area contributed by atoms with Gasteiger partial charge >= 0.3 is 5.97 Å². The predicted octanol–water partition coefficient (Wildman–Crippen LogP) is 0.277. The van der Waals surface area contributed by atoms with E-state index in [1.807, 2.05) is 0 Å². The summed E-state index contributed by atoms with van der Waals surface area (Å²) in [6, 6.07) is 0. The molecule has 2 heterocycles. The van der Waals surface area contributed by atoms with Gasteiger partial charge in [-0.2, -0.15) is 0 Å². The number of nitrogens with two attached hydrogens (primary N) is 1. The number of carbonyl (C=O) groups is 1. The molecule has 1 aromatic heterocycles. The van der Waals surface area contributed by atoms with E-state index in [9.17, 15) is 4.79 Å². The van der Waals surface area contributed by atoms with E-state index in [1.165, 1.54) is 16.4 Å². The lowest BCUT2D eigenvalue weighted by Crippen LogP contribution is -2.16. The summed E-state index contributed by atoms with van der Waals surface area (Å²) >= 11 is 1.34. The van der Waals surface area contributed by atoms with Crippen molar-refractivity contribution >= 4 is 17.7 Å². The van der Waals surface area contributed by atoms with Gasteiger partial charge in [0.05, 0.1) is 6.61 Å². The van der Waals surface area contributed by atoms with E-state index in [-0.39, 0.29) is 11.2 Å². The van der Waals surface area contributed by atoms with E-state index in [0.29, 0.717) is 17.7 Å². The van der Waals surface area contributed by atoms with Crippen LogP contribution in [0.25, 0.3) is 0 Å². The van der Waals surface area contributed by atoms with Crippen molar-refractivity contribution in [3.63, 3.8) is 0 Å². The Hall–Kier alpha value is -1.24. The molecular formula is C9H12N4O2S. The van der Waals surface area contributed by atoms with Crippen LogP contribution in [0, 0.1) is 0 Å². The Morgan fingerprint density at radius 1 is 1.38 bits per heavy atom. The van der Waals surface area contributed by atoms with E-state index in [0.717, 1.165) is 25.1 Å². The highest BCUT2D eigenvalue weighted by Crippen LogP contribution is 2.39. The summed E-state index contributed by atoms with van der Waals surface area (Å²) in [5.41, 5.74) is 0. The standard InChI is InChI=1S/C9H12N4O2S/c10-13-7(5-1-2-5)11-12-9(13)16-6-3-4-15-8(6)14/h5-6H,1-4,10H2/t6-/m0/s1. The van der Waals surface area contributed by atoms with Crippen LogP contribution in [0.4, 0.5) is 0 Å². The second kappa shape index (κ2) is 3.65. The molecule has 1 saturated heterocycles. The Morgan fingerprint density at radius 3 is 2.81 bits per heavy atom. The second-order valence-corrected chi connectivity index (χ2v) is 5.22. The van der Waals surface area contributed by atoms with Gasteiger partial charge in [0.15, 0.2) is 5.82 Å². The van der Waals surface area contributed by atoms with Crippen molar-refractivity contribution in [1.29, 1.82) is 0 Å². The minimum absolute atomic E-state index is 0.180. The summed E-state index contributed by atoms with van der Waals surface area (Å²) in [5.74, 6) is 7.00. The molecule has 1 atom stereocenters. The average molecular weight is 240 g/mol. The van der Waals surface area contributed by atoms with E-state index < -0.39 is 0 Å². The van der Waals surface area contributed by atoms with Crippen LogP contribution in [0.3, 0.4) is 0 Å². The average Bonchev–Trinajstić information content (AvgIpc) is 2.94. The molecule has 0 aromatic carbocycles. The third-order valence-electron chi connectivity index (χ3n) is 2.77. The first-order chi connectivity index (χ1) is 7.75. The van der Waals surface area contributed by atoms with Gasteiger partial charge in [0.25, 0.3) is 0 Å². The van der Waals surface area contributed by atoms with Crippen molar-refractivity contribution in [3.05, 3.63) is 5.82 Å². The number of hydrogen-bond acceptors (Lipinski definition) is 6. The minimum atomic E-state index is -0.182. The van der Waals surface area contributed by atoms with Gasteiger partial charge in [-0.3, -0.25) is 4.79 Å². The zero-order valence-corrected chi connectivity index (χ0v) is 9.44. The van der Waals surface area contributed by atoms with Gasteiger partial charge in [0.2, 0.25) is 5.16 Å². The first kappa shape index (κ1) is 9.95. The highest BCUT2D eigenvalue weighted by molar-refractivity contribution is 8.00. The first-order valence-corrected chi connectivity index (χ1v) is 6.17. The summed E-state index contributed by atoms with van der Waals surface area (Å²) < 4.78 is 6.39. The zero-order valence-electron chi connectivity index (χ0n) is 8.63. The molecule has 0 amide bonds. The molecule has 7 heteroatoms. The van der Waals surface area contributed by atoms with Crippen molar-refractivity contribution < 1.29 is 9.53 Å². The molecule has 0 spiro atoms. The number of aromatic nitrogens is 3. The van der Waals surface area contributed by atoms with Gasteiger partial charge in [-0.1, -0.05) is 11.8 Å². The Balaban J connectivity index is 1.76. The molecule has 16 heavy (non-hydrogen) atoms. The molecule has 1 aliphatic carbocycles. The zero-order chi connectivity index (χ0) is 11.1. The lowest BCUT2D eigenvalue weighted by molar-refractivity contribution is -0.137. The third-order valence-corrected chi connectivity index (χ3v) is 3.97. The van der Waals surface area contributed by atoms with Gasteiger partial charge in [-0.25, -0.2) is 4.68 Å². The van der Waals surface area contributed by atoms with Crippen LogP contribution < -0.4 is 5.84 Å². The van der Waals surface area contributed by atoms with Crippen LogP contribution in [-0.2, 0) is 9.53 Å². The quantitative estimate of drug-likeness (QED) is 0.603. The van der Waals surface area contributed by atoms with Gasteiger partial charge in [0.1, 0.15) is 5.25 Å². The molecule has 2 fully saturated rings. The molecule has 3 rings (SSSR count). The van der Waals surface area contributed by atoms with Crippen LogP contribution in [-0.4, -0.2) is 32.7 Å². The Labute approximate surface area is 96.5 Å². The highest BCUT2D eigenvalue weighted by atomic mass is 32.2. The van der Waals surface area contributed by atoms with Crippen LogP contribution in [0.15, 0.2) is 5.16 Å². The monoisotopic (exact) mass is 240 g/mol. The summed E-state index contributed by atoms with van der Waals surface area (Å²) in [7, 11) is 0. The van der Waals surface area contributed by atoms with Gasteiger partial charge < -0.3 is 10.6 Å². The van der Waals surface area contributed by atoms with Crippen molar-refractivity contribution in [1.82, 2.24) is 14.9 Å². The SMILES string of the molecule is Nn1c(S[C@H]2CCOC2=O)nnc1C1CC1. The maximum absolute atomic E-state index is 11.3. The van der Waals surface area contributed by atoms with Gasteiger partial charge in [-0.15, -0.1) is 10.2 Å². The summed E-state index contributed by atoms with van der Waals surface area (Å²) in [6.45, 7) is 0.491. The maximum atomic E-state index is 11.3. The van der Waals surface area contributed by atoms with E-state index in [1.54, 1.807) is 0 Å².